The Balaban J connectivity index is 1.96. The number of benzene rings is 2. The van der Waals surface area contributed by atoms with Crippen LogP contribution in [0.5, 0.6) is 0 Å². The maximum Gasteiger partial charge on any atom is 0.267 e. The number of primary amides is 1. The van der Waals surface area contributed by atoms with Crippen molar-refractivity contribution in [2.45, 2.75) is 11.8 Å². The van der Waals surface area contributed by atoms with Gasteiger partial charge in [0, 0.05) is 16.3 Å². The number of H-pyrrole nitrogens is 1. The molecule has 0 fully saturated rings. The van der Waals surface area contributed by atoms with Crippen LogP contribution in [0.1, 0.15) is 15.9 Å². The van der Waals surface area contributed by atoms with Gasteiger partial charge in [-0.3, -0.25) is 18.8 Å². The molecule has 0 bridgehead atoms. The number of hydrogen-bond donors (Lipinski definition) is 4. The molecular weight excluding hydrogens is 382 g/mol. The number of nitrogens with one attached hydrogen (secondary N) is 3. The number of nitrogens with two attached hydrogens (primary N) is 1. The molecule has 2 aromatic carbocycles. The van der Waals surface area contributed by atoms with Gasteiger partial charge in [0.25, 0.3) is 11.5 Å². The normalized spacial score (nSPS) is 11.6. The van der Waals surface area contributed by atoms with Crippen LogP contribution in [0.25, 0.3) is 0 Å². The second-order valence-corrected chi connectivity index (χ2v) is 6.82. The molecule has 3 aromatic rings. The molecule has 1 aromatic heterocycles. The largest absolute Gasteiger partial charge is 0.768 e. The highest BCUT2D eigenvalue weighted by Crippen LogP contribution is 2.20. The van der Waals surface area contributed by atoms with Crippen LogP contribution in [0, 0.1) is 6.92 Å². The summed E-state index contributed by atoms with van der Waals surface area (Å²) in [4.78, 5) is 30.8. The van der Waals surface area contributed by atoms with Crippen molar-refractivity contribution in [2.75, 3.05) is 10.6 Å². The third kappa shape index (κ3) is 4.42. The van der Waals surface area contributed by atoms with Crippen molar-refractivity contribution < 1.29 is 13.6 Å². The highest BCUT2D eigenvalue weighted by molar-refractivity contribution is 7.79. The van der Waals surface area contributed by atoms with Crippen molar-refractivity contribution in [3.8, 4) is 0 Å². The van der Waals surface area contributed by atoms with Crippen LogP contribution in [-0.4, -0.2) is 24.6 Å². The topological polar surface area (TPSA) is 153 Å². The van der Waals surface area contributed by atoms with Crippen LogP contribution in [0.4, 0.5) is 23.1 Å². The van der Waals surface area contributed by atoms with E-state index in [0.29, 0.717) is 11.4 Å². The van der Waals surface area contributed by atoms with Crippen molar-refractivity contribution >= 4 is 40.1 Å². The zero-order valence-electron chi connectivity index (χ0n) is 14.7. The number of rotatable bonds is 6. The molecule has 0 aliphatic rings. The lowest BCUT2D eigenvalue weighted by Gasteiger charge is -2.12. The Morgan fingerprint density at radius 2 is 1.86 bits per heavy atom. The molecular formula is C18H16N5O4S-. The van der Waals surface area contributed by atoms with E-state index in [2.05, 4.69) is 20.6 Å². The zero-order chi connectivity index (χ0) is 20.3. The lowest BCUT2D eigenvalue weighted by Crippen LogP contribution is -2.27. The fourth-order valence-corrected chi connectivity index (χ4v) is 2.86. The molecule has 10 heteroatoms. The van der Waals surface area contributed by atoms with E-state index in [-0.39, 0.29) is 22.2 Å². The molecule has 1 amide bonds. The molecule has 3 rings (SSSR count). The van der Waals surface area contributed by atoms with Crippen molar-refractivity contribution in [2.24, 2.45) is 5.73 Å². The summed E-state index contributed by atoms with van der Waals surface area (Å²) < 4.78 is 21.9. The number of anilines is 4. The zero-order valence-corrected chi connectivity index (χ0v) is 15.5. The van der Waals surface area contributed by atoms with Crippen LogP contribution in [0.15, 0.2) is 58.2 Å². The Morgan fingerprint density at radius 3 is 2.46 bits per heavy atom. The minimum absolute atomic E-state index is 0.00151. The number of aromatic nitrogens is 2. The smallest absolute Gasteiger partial charge is 0.267 e. The van der Waals surface area contributed by atoms with Gasteiger partial charge < -0.3 is 20.9 Å². The summed E-state index contributed by atoms with van der Waals surface area (Å²) in [5, 5.41) is 5.79. The first-order chi connectivity index (χ1) is 13.3. The summed E-state index contributed by atoms with van der Waals surface area (Å²) in [6, 6.07) is 13.1. The van der Waals surface area contributed by atoms with Gasteiger partial charge in [-0.2, -0.15) is 4.98 Å². The summed E-state index contributed by atoms with van der Waals surface area (Å²) in [5.41, 5.74) is 6.42. The van der Waals surface area contributed by atoms with Crippen LogP contribution in [0.3, 0.4) is 0 Å². The molecule has 0 saturated heterocycles. The first kappa shape index (κ1) is 19.3. The van der Waals surface area contributed by atoms with Crippen LogP contribution in [-0.2, 0) is 11.1 Å². The van der Waals surface area contributed by atoms with E-state index >= 15 is 0 Å². The molecule has 0 aliphatic carbocycles. The standard InChI is InChI=1S/C18H17N5O4S/c1-10-3-2-4-12(9-10)20-16-14(15(19)24)17(25)23-18(22-16)21-11-5-7-13(8-6-11)28(26)27/h2-9H,1H3,(H2,19,24)(H,26,27)(H3,20,21,22,23,25)/p-1. The first-order valence-electron chi connectivity index (χ1n) is 8.07. The molecule has 28 heavy (non-hydrogen) atoms. The first-order valence-corrected chi connectivity index (χ1v) is 9.15. The van der Waals surface area contributed by atoms with Crippen LogP contribution >= 0.6 is 0 Å². The fraction of sp³-hybridized carbons (Fsp3) is 0.0556. The second-order valence-electron chi connectivity index (χ2n) is 5.88. The average molecular weight is 398 g/mol. The highest BCUT2D eigenvalue weighted by atomic mass is 32.2. The predicted molar refractivity (Wildman–Crippen MR) is 105 cm³/mol. The van der Waals surface area contributed by atoms with E-state index in [9.17, 15) is 18.4 Å². The molecule has 9 nitrogen and oxygen atoms in total. The quantitative estimate of drug-likeness (QED) is 0.463. The molecule has 1 heterocycles. The average Bonchev–Trinajstić information content (AvgIpc) is 2.61. The Morgan fingerprint density at radius 1 is 1.14 bits per heavy atom. The van der Waals surface area contributed by atoms with Crippen LogP contribution in [0.2, 0.25) is 0 Å². The maximum absolute atomic E-state index is 12.3. The van der Waals surface area contributed by atoms with Crippen molar-refractivity contribution in [1.82, 2.24) is 9.97 Å². The van der Waals surface area contributed by atoms with Gasteiger partial charge in [0.1, 0.15) is 5.56 Å². The van der Waals surface area contributed by atoms with Crippen molar-refractivity contribution in [1.29, 1.82) is 0 Å². The third-order valence-corrected chi connectivity index (χ3v) is 4.41. The Kier molecular flexibility index (Phi) is 5.52. The van der Waals surface area contributed by atoms with Crippen molar-refractivity contribution in [3.63, 3.8) is 0 Å². The predicted octanol–water partition coefficient (Wildman–Crippen LogP) is 1.90. The summed E-state index contributed by atoms with van der Waals surface area (Å²) in [6.45, 7) is 1.90. The van der Waals surface area contributed by atoms with E-state index < -0.39 is 22.5 Å². The lowest BCUT2D eigenvalue weighted by atomic mass is 10.2. The molecule has 0 saturated carbocycles. The summed E-state index contributed by atoms with van der Waals surface area (Å²) >= 11 is -2.34. The molecule has 5 N–H and O–H groups in total. The number of amides is 1. The van der Waals surface area contributed by atoms with E-state index in [1.807, 2.05) is 25.1 Å². The van der Waals surface area contributed by atoms with Gasteiger partial charge in [-0.25, -0.2) is 0 Å². The molecule has 0 radical (unpaired) electrons. The number of aromatic amines is 1. The van der Waals surface area contributed by atoms with Gasteiger partial charge in [0.15, 0.2) is 5.82 Å². The number of nitrogens with zero attached hydrogens (tertiary/aromatic N) is 1. The van der Waals surface area contributed by atoms with Gasteiger partial charge in [-0.15, -0.1) is 0 Å². The molecule has 144 valence electrons. The van der Waals surface area contributed by atoms with E-state index in [4.69, 9.17) is 5.73 Å². The number of aryl methyl sites for hydroxylation is 1. The molecule has 1 atom stereocenters. The Labute approximate surface area is 162 Å². The minimum atomic E-state index is -2.34. The van der Waals surface area contributed by atoms with Crippen molar-refractivity contribution in [3.05, 3.63) is 70.0 Å². The van der Waals surface area contributed by atoms with E-state index in [1.54, 1.807) is 6.07 Å². The summed E-state index contributed by atoms with van der Waals surface area (Å²) in [6.07, 6.45) is 0. The molecule has 0 spiro atoms. The Hall–Kier alpha value is -3.50. The van der Waals surface area contributed by atoms with Gasteiger partial charge in [0.2, 0.25) is 5.95 Å². The minimum Gasteiger partial charge on any atom is -0.768 e. The van der Waals surface area contributed by atoms with Gasteiger partial charge in [0.05, 0.1) is 0 Å². The maximum atomic E-state index is 12.3. The fourth-order valence-electron chi connectivity index (χ4n) is 2.50. The highest BCUT2D eigenvalue weighted by Gasteiger charge is 2.17. The number of carbonyl (C=O) groups excluding carboxylic acids is 1. The van der Waals surface area contributed by atoms with Crippen LogP contribution < -0.4 is 21.9 Å². The monoisotopic (exact) mass is 398 g/mol. The van der Waals surface area contributed by atoms with E-state index in [0.717, 1.165) is 5.56 Å². The lowest BCUT2D eigenvalue weighted by molar-refractivity contribution is 0.0999. The Bertz CT molecular complexity index is 1110. The van der Waals surface area contributed by atoms with Gasteiger partial charge >= 0.3 is 0 Å². The number of hydrogen-bond acceptors (Lipinski definition) is 7. The second kappa shape index (κ2) is 8.03. The number of carbonyl (C=O) groups is 1. The molecule has 0 aliphatic heterocycles. The SMILES string of the molecule is Cc1cccc(Nc2nc(Nc3ccc(S(=O)[O-])cc3)[nH]c(=O)c2C(N)=O)c1. The third-order valence-electron chi connectivity index (χ3n) is 3.76. The summed E-state index contributed by atoms with van der Waals surface area (Å²) in [7, 11) is 0. The van der Waals surface area contributed by atoms with Gasteiger partial charge in [-0.1, -0.05) is 12.1 Å². The van der Waals surface area contributed by atoms with E-state index in [1.165, 1.54) is 24.3 Å². The molecule has 1 unspecified atom stereocenters. The van der Waals surface area contributed by atoms with Gasteiger partial charge in [-0.05, 0) is 60.0 Å². The summed E-state index contributed by atoms with van der Waals surface area (Å²) in [5.74, 6) is -0.861.